The predicted molar refractivity (Wildman–Crippen MR) is 112 cm³/mol. The monoisotopic (exact) mass is 378 g/mol. The summed E-state index contributed by atoms with van der Waals surface area (Å²) in [5.41, 5.74) is 2.58. The Balaban J connectivity index is 1.75. The molecule has 1 aromatic rings. The summed E-state index contributed by atoms with van der Waals surface area (Å²) < 4.78 is 5.39. The third-order valence-electron chi connectivity index (χ3n) is 4.49. The third-order valence-corrected chi connectivity index (χ3v) is 5.31. The van der Waals surface area contributed by atoms with Crippen LogP contribution in [-0.2, 0) is 11.3 Å². The van der Waals surface area contributed by atoms with Gasteiger partial charge in [-0.1, -0.05) is 12.1 Å². The smallest absolute Gasteiger partial charge is 0.191 e. The van der Waals surface area contributed by atoms with E-state index in [1.807, 2.05) is 0 Å². The standard InChI is InChI=1S/C20H34N4OS/c1-4-21-20(22-9-5-6-10-24-11-13-25-14-12-24)23-16-18-8-7-17(2)15-19(18)26-3/h7-8,15H,4-6,9-14,16H2,1-3H3,(H2,21,22,23). The van der Waals surface area contributed by atoms with E-state index in [2.05, 4.69) is 53.8 Å². The molecule has 1 fully saturated rings. The Kier molecular flexibility index (Phi) is 9.89. The minimum Gasteiger partial charge on any atom is -0.379 e. The van der Waals surface area contributed by atoms with E-state index < -0.39 is 0 Å². The Morgan fingerprint density at radius 2 is 2.04 bits per heavy atom. The van der Waals surface area contributed by atoms with E-state index in [4.69, 9.17) is 9.73 Å². The van der Waals surface area contributed by atoms with Crippen molar-refractivity contribution in [2.75, 3.05) is 52.2 Å². The molecule has 1 aromatic carbocycles. The zero-order valence-electron chi connectivity index (χ0n) is 16.5. The minimum atomic E-state index is 0.708. The molecule has 0 unspecified atom stereocenters. The van der Waals surface area contributed by atoms with E-state index in [1.54, 1.807) is 11.8 Å². The number of hydrogen-bond donors (Lipinski definition) is 2. The minimum absolute atomic E-state index is 0.708. The molecule has 0 aliphatic carbocycles. The lowest BCUT2D eigenvalue weighted by Crippen LogP contribution is -2.39. The molecular weight excluding hydrogens is 344 g/mol. The van der Waals surface area contributed by atoms with E-state index in [1.165, 1.54) is 29.0 Å². The molecule has 26 heavy (non-hydrogen) atoms. The summed E-state index contributed by atoms with van der Waals surface area (Å²) in [6, 6.07) is 6.59. The molecule has 0 saturated carbocycles. The van der Waals surface area contributed by atoms with Crippen molar-refractivity contribution in [2.45, 2.75) is 38.1 Å². The van der Waals surface area contributed by atoms with E-state index in [-0.39, 0.29) is 0 Å². The molecule has 1 heterocycles. The molecule has 6 heteroatoms. The first kappa shape index (κ1) is 21.1. The van der Waals surface area contributed by atoms with Gasteiger partial charge in [-0.05, 0) is 56.7 Å². The van der Waals surface area contributed by atoms with Crippen molar-refractivity contribution in [2.24, 2.45) is 4.99 Å². The predicted octanol–water partition coefficient (Wildman–Crippen LogP) is 2.88. The van der Waals surface area contributed by atoms with Crippen molar-refractivity contribution >= 4 is 17.7 Å². The maximum Gasteiger partial charge on any atom is 0.191 e. The molecule has 0 aromatic heterocycles. The van der Waals surface area contributed by atoms with Crippen LogP contribution >= 0.6 is 11.8 Å². The Bertz CT molecular complexity index is 559. The van der Waals surface area contributed by atoms with Crippen molar-refractivity contribution in [3.05, 3.63) is 29.3 Å². The SMILES string of the molecule is CCNC(=NCc1ccc(C)cc1SC)NCCCCN1CCOCC1. The summed E-state index contributed by atoms with van der Waals surface area (Å²) in [6.45, 7) is 11.9. The van der Waals surface area contributed by atoms with Crippen LogP contribution in [-0.4, -0.2) is 63.1 Å². The van der Waals surface area contributed by atoms with Crippen LogP contribution < -0.4 is 10.6 Å². The first-order valence-electron chi connectivity index (χ1n) is 9.68. The first-order chi connectivity index (χ1) is 12.7. The molecule has 1 saturated heterocycles. The molecule has 1 aliphatic rings. The largest absolute Gasteiger partial charge is 0.379 e. The maximum absolute atomic E-state index is 5.39. The van der Waals surface area contributed by atoms with E-state index in [0.29, 0.717) is 6.54 Å². The molecule has 1 aliphatic heterocycles. The third kappa shape index (κ3) is 7.56. The van der Waals surface area contributed by atoms with Crippen LogP contribution in [0.3, 0.4) is 0 Å². The van der Waals surface area contributed by atoms with Gasteiger partial charge in [0, 0.05) is 31.1 Å². The zero-order valence-corrected chi connectivity index (χ0v) is 17.3. The number of ether oxygens (including phenoxy) is 1. The van der Waals surface area contributed by atoms with E-state index in [9.17, 15) is 0 Å². The first-order valence-corrected chi connectivity index (χ1v) is 10.9. The molecule has 0 atom stereocenters. The molecule has 2 rings (SSSR count). The van der Waals surface area contributed by atoms with Gasteiger partial charge < -0.3 is 15.4 Å². The Labute approximate surface area is 163 Å². The van der Waals surface area contributed by atoms with Crippen molar-refractivity contribution in [3.63, 3.8) is 0 Å². The van der Waals surface area contributed by atoms with Gasteiger partial charge in [0.2, 0.25) is 0 Å². The highest BCUT2D eigenvalue weighted by atomic mass is 32.2. The average Bonchev–Trinajstić information content (AvgIpc) is 2.67. The van der Waals surface area contributed by atoms with Crippen LogP contribution in [0.2, 0.25) is 0 Å². The number of nitrogens with zero attached hydrogens (tertiary/aromatic N) is 2. The topological polar surface area (TPSA) is 48.9 Å². The number of nitrogens with one attached hydrogen (secondary N) is 2. The lowest BCUT2D eigenvalue weighted by molar-refractivity contribution is 0.0372. The molecular formula is C20H34N4OS. The highest BCUT2D eigenvalue weighted by molar-refractivity contribution is 7.98. The van der Waals surface area contributed by atoms with Gasteiger partial charge in [-0.25, -0.2) is 4.99 Å². The quantitative estimate of drug-likeness (QED) is 0.299. The number of aryl methyl sites for hydroxylation is 1. The number of thioether (sulfide) groups is 1. The fourth-order valence-corrected chi connectivity index (χ4v) is 3.68. The van der Waals surface area contributed by atoms with E-state index >= 15 is 0 Å². The van der Waals surface area contributed by atoms with Gasteiger partial charge >= 0.3 is 0 Å². The summed E-state index contributed by atoms with van der Waals surface area (Å²) in [4.78, 5) is 8.57. The van der Waals surface area contributed by atoms with Gasteiger partial charge in [0.15, 0.2) is 5.96 Å². The van der Waals surface area contributed by atoms with Crippen LogP contribution in [0.4, 0.5) is 0 Å². The highest BCUT2D eigenvalue weighted by Gasteiger charge is 2.09. The average molecular weight is 379 g/mol. The summed E-state index contributed by atoms with van der Waals surface area (Å²) in [6.07, 6.45) is 4.49. The lowest BCUT2D eigenvalue weighted by Gasteiger charge is -2.26. The van der Waals surface area contributed by atoms with Gasteiger partial charge in [0.05, 0.1) is 19.8 Å². The summed E-state index contributed by atoms with van der Waals surface area (Å²) in [7, 11) is 0. The van der Waals surface area contributed by atoms with Gasteiger partial charge in [-0.3, -0.25) is 4.90 Å². The molecule has 2 N–H and O–H groups in total. The van der Waals surface area contributed by atoms with Gasteiger partial charge in [0.25, 0.3) is 0 Å². The number of aliphatic imine (C=N–C) groups is 1. The van der Waals surface area contributed by atoms with Crippen molar-refractivity contribution < 1.29 is 4.74 Å². The summed E-state index contributed by atoms with van der Waals surface area (Å²) in [5, 5.41) is 6.81. The molecule has 146 valence electrons. The van der Waals surface area contributed by atoms with Crippen LogP contribution in [0.25, 0.3) is 0 Å². The second-order valence-corrected chi connectivity index (χ2v) is 7.45. The van der Waals surface area contributed by atoms with Gasteiger partial charge in [-0.15, -0.1) is 11.8 Å². The lowest BCUT2D eigenvalue weighted by atomic mass is 10.1. The summed E-state index contributed by atoms with van der Waals surface area (Å²) >= 11 is 1.79. The molecule has 0 amide bonds. The molecule has 0 radical (unpaired) electrons. The second-order valence-electron chi connectivity index (χ2n) is 6.60. The Morgan fingerprint density at radius 3 is 2.77 bits per heavy atom. The van der Waals surface area contributed by atoms with Crippen LogP contribution in [0.1, 0.15) is 30.9 Å². The molecule has 0 spiro atoms. The highest BCUT2D eigenvalue weighted by Crippen LogP contribution is 2.22. The van der Waals surface area contributed by atoms with Crippen molar-refractivity contribution in [1.29, 1.82) is 0 Å². The maximum atomic E-state index is 5.39. The fraction of sp³-hybridized carbons (Fsp3) is 0.650. The second kappa shape index (κ2) is 12.2. The van der Waals surface area contributed by atoms with Crippen LogP contribution in [0, 0.1) is 6.92 Å². The Morgan fingerprint density at radius 1 is 1.23 bits per heavy atom. The number of morpholine rings is 1. The summed E-state index contributed by atoms with van der Waals surface area (Å²) in [5.74, 6) is 0.909. The number of unbranched alkanes of at least 4 members (excludes halogenated alkanes) is 1. The zero-order chi connectivity index (χ0) is 18.6. The van der Waals surface area contributed by atoms with Crippen molar-refractivity contribution in [1.82, 2.24) is 15.5 Å². The molecule has 0 bridgehead atoms. The normalized spacial score (nSPS) is 15.9. The van der Waals surface area contributed by atoms with Gasteiger partial charge in [0.1, 0.15) is 0 Å². The van der Waals surface area contributed by atoms with Crippen molar-refractivity contribution in [3.8, 4) is 0 Å². The number of guanidine groups is 1. The fourth-order valence-electron chi connectivity index (χ4n) is 2.98. The van der Waals surface area contributed by atoms with Crippen LogP contribution in [0.5, 0.6) is 0 Å². The van der Waals surface area contributed by atoms with E-state index in [0.717, 1.165) is 51.8 Å². The number of rotatable bonds is 9. The number of benzene rings is 1. The van der Waals surface area contributed by atoms with Gasteiger partial charge in [-0.2, -0.15) is 0 Å². The molecule has 5 nitrogen and oxygen atoms in total. The number of hydrogen-bond acceptors (Lipinski definition) is 4. The Hall–Kier alpha value is -1.24. The van der Waals surface area contributed by atoms with Crippen LogP contribution in [0.15, 0.2) is 28.1 Å².